The third-order valence-electron chi connectivity index (χ3n) is 5.09. The van der Waals surface area contributed by atoms with Gasteiger partial charge in [0.2, 0.25) is 0 Å². The number of nitrogens with zero attached hydrogens (tertiary/aromatic N) is 1. The van der Waals surface area contributed by atoms with Crippen LogP contribution in [0.3, 0.4) is 0 Å². The number of rotatable bonds is 7. The number of amides is 1. The normalized spacial score (nSPS) is 19.1. The Balaban J connectivity index is 1.46. The number of halogens is 1. The Kier molecular flexibility index (Phi) is 5.39. The van der Waals surface area contributed by atoms with E-state index in [1.807, 2.05) is 12.1 Å². The molecular formula is C22H24FNO3. The standard InChI is InChI=1S/C22H24FNO3/c23-21-9-2-1-5-17(21)14-24(18-10-11-18)22(25)16-6-3-7-19(13-16)27-15-20-8-4-12-26-20/h1-3,5-7,9,13,18,20H,4,8,10-12,14-15H2. The van der Waals surface area contributed by atoms with Crippen LogP contribution < -0.4 is 4.74 Å². The van der Waals surface area contributed by atoms with Crippen LogP contribution in [0.5, 0.6) is 5.75 Å². The van der Waals surface area contributed by atoms with Crippen molar-refractivity contribution in [2.24, 2.45) is 0 Å². The number of hydrogen-bond acceptors (Lipinski definition) is 3. The molecule has 5 heteroatoms. The molecule has 2 fully saturated rings. The van der Waals surface area contributed by atoms with E-state index >= 15 is 0 Å². The lowest BCUT2D eigenvalue weighted by Gasteiger charge is -2.23. The maximum Gasteiger partial charge on any atom is 0.254 e. The van der Waals surface area contributed by atoms with E-state index in [9.17, 15) is 9.18 Å². The topological polar surface area (TPSA) is 38.8 Å². The van der Waals surface area contributed by atoms with E-state index in [2.05, 4.69) is 0 Å². The average molecular weight is 369 g/mol. The summed E-state index contributed by atoms with van der Waals surface area (Å²) in [6, 6.07) is 14.1. The Morgan fingerprint density at radius 2 is 2.00 bits per heavy atom. The summed E-state index contributed by atoms with van der Waals surface area (Å²) in [5.41, 5.74) is 1.12. The van der Waals surface area contributed by atoms with Gasteiger partial charge in [-0.1, -0.05) is 24.3 Å². The van der Waals surface area contributed by atoms with Gasteiger partial charge in [-0.05, 0) is 49.9 Å². The van der Waals surface area contributed by atoms with Crippen LogP contribution in [0.15, 0.2) is 48.5 Å². The van der Waals surface area contributed by atoms with Gasteiger partial charge in [0.15, 0.2) is 0 Å². The third kappa shape index (κ3) is 4.48. The quantitative estimate of drug-likeness (QED) is 0.735. The van der Waals surface area contributed by atoms with Crippen molar-refractivity contribution in [1.29, 1.82) is 0 Å². The van der Waals surface area contributed by atoms with Gasteiger partial charge in [-0.2, -0.15) is 0 Å². The molecule has 27 heavy (non-hydrogen) atoms. The molecule has 1 atom stereocenters. The summed E-state index contributed by atoms with van der Waals surface area (Å²) < 4.78 is 25.4. The minimum Gasteiger partial charge on any atom is -0.491 e. The van der Waals surface area contributed by atoms with Crippen molar-refractivity contribution in [3.63, 3.8) is 0 Å². The molecule has 142 valence electrons. The zero-order valence-electron chi connectivity index (χ0n) is 15.3. The number of ether oxygens (including phenoxy) is 2. The molecule has 1 amide bonds. The van der Waals surface area contributed by atoms with Crippen molar-refractivity contribution < 1.29 is 18.7 Å². The van der Waals surface area contributed by atoms with Crippen molar-refractivity contribution in [3.05, 3.63) is 65.5 Å². The third-order valence-corrected chi connectivity index (χ3v) is 5.09. The van der Waals surface area contributed by atoms with Gasteiger partial charge in [0, 0.05) is 30.3 Å². The summed E-state index contributed by atoms with van der Waals surface area (Å²) in [5.74, 6) is 0.311. The lowest BCUT2D eigenvalue weighted by Crippen LogP contribution is -2.33. The summed E-state index contributed by atoms with van der Waals surface area (Å²) in [6.07, 6.45) is 4.15. The fourth-order valence-corrected chi connectivity index (χ4v) is 3.41. The second kappa shape index (κ2) is 8.09. The molecule has 2 aromatic carbocycles. The van der Waals surface area contributed by atoms with Gasteiger partial charge < -0.3 is 14.4 Å². The highest BCUT2D eigenvalue weighted by Crippen LogP contribution is 2.31. The summed E-state index contributed by atoms with van der Waals surface area (Å²) >= 11 is 0. The highest BCUT2D eigenvalue weighted by molar-refractivity contribution is 5.95. The summed E-state index contributed by atoms with van der Waals surface area (Å²) in [7, 11) is 0. The summed E-state index contributed by atoms with van der Waals surface area (Å²) in [6.45, 7) is 1.58. The van der Waals surface area contributed by atoms with E-state index in [0.29, 0.717) is 23.5 Å². The van der Waals surface area contributed by atoms with Crippen molar-refractivity contribution in [2.75, 3.05) is 13.2 Å². The van der Waals surface area contributed by atoms with Crippen LogP contribution in [0, 0.1) is 5.82 Å². The Hall–Kier alpha value is -2.40. The van der Waals surface area contributed by atoms with Crippen LogP contribution in [0.1, 0.15) is 41.6 Å². The van der Waals surface area contributed by atoms with Crippen molar-refractivity contribution in [1.82, 2.24) is 4.90 Å². The van der Waals surface area contributed by atoms with E-state index < -0.39 is 0 Å². The predicted molar refractivity (Wildman–Crippen MR) is 100 cm³/mol. The maximum atomic E-state index is 14.0. The van der Waals surface area contributed by atoms with E-state index in [0.717, 1.165) is 32.3 Å². The van der Waals surface area contributed by atoms with Crippen LogP contribution in [0.4, 0.5) is 4.39 Å². The van der Waals surface area contributed by atoms with E-state index in [4.69, 9.17) is 9.47 Å². The van der Waals surface area contributed by atoms with Gasteiger partial charge in [0.1, 0.15) is 18.2 Å². The van der Waals surface area contributed by atoms with E-state index in [1.54, 1.807) is 35.2 Å². The van der Waals surface area contributed by atoms with Gasteiger partial charge in [-0.25, -0.2) is 4.39 Å². The van der Waals surface area contributed by atoms with E-state index in [1.165, 1.54) is 6.07 Å². The molecule has 1 aliphatic carbocycles. The first-order valence-corrected chi connectivity index (χ1v) is 9.59. The first-order chi connectivity index (χ1) is 13.2. The van der Waals surface area contributed by atoms with Crippen molar-refractivity contribution in [3.8, 4) is 5.75 Å². The minimum absolute atomic E-state index is 0.0803. The number of benzene rings is 2. The van der Waals surface area contributed by atoms with Gasteiger partial charge in [0.25, 0.3) is 5.91 Å². The second-order valence-electron chi connectivity index (χ2n) is 7.23. The molecule has 1 saturated heterocycles. The molecule has 0 bridgehead atoms. The molecule has 0 spiro atoms. The zero-order chi connectivity index (χ0) is 18.6. The van der Waals surface area contributed by atoms with Crippen molar-refractivity contribution in [2.45, 2.75) is 44.4 Å². The monoisotopic (exact) mass is 369 g/mol. The molecule has 4 nitrogen and oxygen atoms in total. The minimum atomic E-state index is -0.274. The highest BCUT2D eigenvalue weighted by atomic mass is 19.1. The van der Waals surface area contributed by atoms with E-state index in [-0.39, 0.29) is 30.4 Å². The molecule has 2 aromatic rings. The highest BCUT2D eigenvalue weighted by Gasteiger charge is 2.33. The summed E-state index contributed by atoms with van der Waals surface area (Å²) in [5, 5.41) is 0. The molecule has 0 aromatic heterocycles. The average Bonchev–Trinajstić information content (AvgIpc) is 3.40. The van der Waals surface area contributed by atoms with Gasteiger partial charge in [-0.3, -0.25) is 4.79 Å². The summed E-state index contributed by atoms with van der Waals surface area (Å²) in [4.78, 5) is 14.9. The SMILES string of the molecule is O=C(c1cccc(OCC2CCCO2)c1)N(Cc1ccccc1F)C1CC1. The number of hydrogen-bond donors (Lipinski definition) is 0. The van der Waals surface area contributed by atoms with Crippen LogP contribution in [-0.2, 0) is 11.3 Å². The zero-order valence-corrected chi connectivity index (χ0v) is 15.3. The molecule has 4 rings (SSSR count). The number of carbonyl (C=O) groups excluding carboxylic acids is 1. The molecule has 1 aliphatic heterocycles. The number of carbonyl (C=O) groups is 1. The van der Waals surface area contributed by atoms with Crippen molar-refractivity contribution >= 4 is 5.91 Å². The first-order valence-electron chi connectivity index (χ1n) is 9.59. The van der Waals surface area contributed by atoms with Gasteiger partial charge >= 0.3 is 0 Å². The molecule has 2 aliphatic rings. The first kappa shape index (κ1) is 18.0. The molecule has 1 saturated carbocycles. The van der Waals surface area contributed by atoms with Crippen LogP contribution in [0.25, 0.3) is 0 Å². The lowest BCUT2D eigenvalue weighted by molar-refractivity contribution is 0.0676. The molecular weight excluding hydrogens is 345 g/mol. The van der Waals surface area contributed by atoms with Crippen LogP contribution in [0.2, 0.25) is 0 Å². The predicted octanol–water partition coefficient (Wildman–Crippen LogP) is 4.19. The van der Waals surface area contributed by atoms with Gasteiger partial charge in [0.05, 0.1) is 6.10 Å². The lowest BCUT2D eigenvalue weighted by atomic mass is 10.1. The fraction of sp³-hybridized carbons (Fsp3) is 0.409. The second-order valence-corrected chi connectivity index (χ2v) is 7.23. The Bertz CT molecular complexity index is 800. The smallest absolute Gasteiger partial charge is 0.254 e. The Morgan fingerprint density at radius 3 is 2.74 bits per heavy atom. The molecule has 1 heterocycles. The maximum absolute atomic E-state index is 14.0. The Morgan fingerprint density at radius 1 is 1.15 bits per heavy atom. The molecule has 1 unspecified atom stereocenters. The molecule has 0 radical (unpaired) electrons. The fourth-order valence-electron chi connectivity index (χ4n) is 3.41. The van der Waals surface area contributed by atoms with Crippen LogP contribution >= 0.6 is 0 Å². The Labute approximate surface area is 158 Å². The van der Waals surface area contributed by atoms with Gasteiger partial charge in [-0.15, -0.1) is 0 Å². The van der Waals surface area contributed by atoms with Crippen LogP contribution in [-0.4, -0.2) is 36.2 Å². The molecule has 0 N–H and O–H groups in total. The largest absolute Gasteiger partial charge is 0.491 e.